The topological polar surface area (TPSA) is 66.4 Å². The molecule has 1 fully saturated rings. The van der Waals surface area contributed by atoms with E-state index in [0.29, 0.717) is 14.6 Å². The highest BCUT2D eigenvalue weighted by atomic mass is 79.9. The lowest BCUT2D eigenvalue weighted by molar-refractivity contribution is 0.285. The van der Waals surface area contributed by atoms with E-state index in [9.17, 15) is 8.42 Å². The Morgan fingerprint density at radius 1 is 1.53 bits per heavy atom. The molecule has 1 aliphatic rings. The highest BCUT2D eigenvalue weighted by Crippen LogP contribution is 2.32. The van der Waals surface area contributed by atoms with Gasteiger partial charge < -0.3 is 5.11 Å². The van der Waals surface area contributed by atoms with Crippen molar-refractivity contribution in [2.45, 2.75) is 50.2 Å². The standard InChI is InChI=1S/C12H18BrNO3S2/c1-8-3-2-4-9(5-8)14-19(16,17)11-6-10(7-15)18-12(11)13/h6,8-9,14-15H,2-5,7H2,1H3. The zero-order chi connectivity index (χ0) is 14.0. The highest BCUT2D eigenvalue weighted by Gasteiger charge is 2.27. The van der Waals surface area contributed by atoms with Crippen LogP contribution in [0.2, 0.25) is 0 Å². The van der Waals surface area contributed by atoms with E-state index in [0.717, 1.165) is 19.3 Å². The van der Waals surface area contributed by atoms with Crippen molar-refractivity contribution in [3.63, 3.8) is 0 Å². The van der Waals surface area contributed by atoms with E-state index < -0.39 is 10.0 Å². The van der Waals surface area contributed by atoms with Crippen molar-refractivity contribution in [2.24, 2.45) is 5.92 Å². The smallest absolute Gasteiger partial charge is 0.242 e. The van der Waals surface area contributed by atoms with Crippen LogP contribution < -0.4 is 4.72 Å². The molecule has 0 saturated heterocycles. The van der Waals surface area contributed by atoms with Crippen LogP contribution in [0.3, 0.4) is 0 Å². The first-order valence-electron chi connectivity index (χ1n) is 6.33. The summed E-state index contributed by atoms with van der Waals surface area (Å²) in [6.45, 7) is 2.02. The van der Waals surface area contributed by atoms with Crippen molar-refractivity contribution in [1.82, 2.24) is 4.72 Å². The Balaban J connectivity index is 2.15. The molecule has 1 aromatic heterocycles. The number of thiophene rings is 1. The zero-order valence-electron chi connectivity index (χ0n) is 10.7. The molecule has 1 heterocycles. The first-order chi connectivity index (χ1) is 8.92. The second-order valence-electron chi connectivity index (χ2n) is 5.10. The molecule has 0 radical (unpaired) electrons. The maximum atomic E-state index is 12.3. The summed E-state index contributed by atoms with van der Waals surface area (Å²) in [4.78, 5) is 0.879. The first kappa shape index (κ1) is 15.4. The van der Waals surface area contributed by atoms with Gasteiger partial charge in [0.25, 0.3) is 0 Å². The average Bonchev–Trinajstić information content (AvgIpc) is 2.71. The third kappa shape index (κ3) is 3.78. The van der Waals surface area contributed by atoms with Crippen LogP contribution in [0.25, 0.3) is 0 Å². The largest absolute Gasteiger partial charge is 0.391 e. The highest BCUT2D eigenvalue weighted by molar-refractivity contribution is 9.11. The minimum Gasteiger partial charge on any atom is -0.391 e. The van der Waals surface area contributed by atoms with Gasteiger partial charge in [-0.2, -0.15) is 0 Å². The molecule has 2 atom stereocenters. The van der Waals surface area contributed by atoms with Gasteiger partial charge in [0.15, 0.2) is 0 Å². The lowest BCUT2D eigenvalue weighted by Gasteiger charge is -2.27. The molecule has 0 aliphatic heterocycles. The van der Waals surface area contributed by atoms with E-state index in [4.69, 9.17) is 5.11 Å². The Morgan fingerprint density at radius 2 is 2.26 bits per heavy atom. The second kappa shape index (κ2) is 6.22. The van der Waals surface area contributed by atoms with Crippen molar-refractivity contribution < 1.29 is 13.5 Å². The van der Waals surface area contributed by atoms with Crippen molar-refractivity contribution in [2.75, 3.05) is 0 Å². The number of halogens is 1. The van der Waals surface area contributed by atoms with Gasteiger partial charge >= 0.3 is 0 Å². The Bertz CT molecular complexity index is 541. The van der Waals surface area contributed by atoms with Crippen LogP contribution >= 0.6 is 27.3 Å². The normalized spacial score (nSPS) is 24.6. The van der Waals surface area contributed by atoms with Crippen molar-refractivity contribution in [3.05, 3.63) is 14.7 Å². The number of aliphatic hydroxyl groups excluding tert-OH is 1. The Kier molecular flexibility index (Phi) is 5.05. The van der Waals surface area contributed by atoms with Crippen LogP contribution in [0.5, 0.6) is 0 Å². The summed E-state index contributed by atoms with van der Waals surface area (Å²) in [7, 11) is -3.50. The Labute approximate surface area is 126 Å². The molecule has 7 heteroatoms. The van der Waals surface area contributed by atoms with Gasteiger partial charge in [0.05, 0.1) is 10.4 Å². The summed E-state index contributed by atoms with van der Waals surface area (Å²) in [6.07, 6.45) is 4.04. The van der Waals surface area contributed by atoms with Gasteiger partial charge in [0.2, 0.25) is 10.0 Å². The second-order valence-corrected chi connectivity index (χ2v) is 9.24. The predicted molar refractivity (Wildman–Crippen MR) is 79.7 cm³/mol. The van der Waals surface area contributed by atoms with E-state index in [1.54, 1.807) is 0 Å². The number of nitrogens with one attached hydrogen (secondary N) is 1. The van der Waals surface area contributed by atoms with Gasteiger partial charge in [-0.15, -0.1) is 11.3 Å². The summed E-state index contributed by atoms with van der Waals surface area (Å²) in [5.41, 5.74) is 0. The summed E-state index contributed by atoms with van der Waals surface area (Å²) in [6, 6.07) is 1.56. The number of sulfonamides is 1. The Morgan fingerprint density at radius 3 is 2.84 bits per heavy atom. The van der Waals surface area contributed by atoms with Crippen molar-refractivity contribution in [1.29, 1.82) is 0 Å². The van der Waals surface area contributed by atoms with Crippen LogP contribution in [-0.2, 0) is 16.6 Å². The molecule has 4 nitrogen and oxygen atoms in total. The fourth-order valence-corrected chi connectivity index (χ4v) is 6.31. The van der Waals surface area contributed by atoms with Gasteiger partial charge in [-0.3, -0.25) is 0 Å². The molecule has 19 heavy (non-hydrogen) atoms. The molecule has 1 aromatic rings. The van der Waals surface area contributed by atoms with Crippen LogP contribution in [0.15, 0.2) is 14.7 Å². The van der Waals surface area contributed by atoms with Crippen LogP contribution in [-0.4, -0.2) is 19.6 Å². The molecule has 0 bridgehead atoms. The molecule has 2 N–H and O–H groups in total. The SMILES string of the molecule is CC1CCCC(NS(=O)(=O)c2cc(CO)sc2Br)C1. The molecule has 1 saturated carbocycles. The molecule has 108 valence electrons. The number of aliphatic hydroxyl groups is 1. The fraction of sp³-hybridized carbons (Fsp3) is 0.667. The molecule has 0 aromatic carbocycles. The van der Waals surface area contributed by atoms with Crippen LogP contribution in [0.1, 0.15) is 37.5 Å². The molecule has 2 rings (SSSR count). The molecule has 1 aliphatic carbocycles. The van der Waals surface area contributed by atoms with E-state index >= 15 is 0 Å². The van der Waals surface area contributed by atoms with Gasteiger partial charge in [-0.25, -0.2) is 13.1 Å². The summed E-state index contributed by atoms with van der Waals surface area (Å²) in [5.74, 6) is 0.570. The van der Waals surface area contributed by atoms with Gasteiger partial charge in [-0.1, -0.05) is 19.8 Å². The van der Waals surface area contributed by atoms with Gasteiger partial charge in [-0.05, 0) is 40.8 Å². The number of hydrogen-bond donors (Lipinski definition) is 2. The average molecular weight is 368 g/mol. The summed E-state index contributed by atoms with van der Waals surface area (Å²) in [5, 5.41) is 9.07. The van der Waals surface area contributed by atoms with E-state index in [-0.39, 0.29) is 17.5 Å². The van der Waals surface area contributed by atoms with Gasteiger partial charge in [0, 0.05) is 10.9 Å². The summed E-state index contributed by atoms with van der Waals surface area (Å²) >= 11 is 4.51. The monoisotopic (exact) mass is 367 g/mol. The van der Waals surface area contributed by atoms with E-state index in [1.165, 1.54) is 23.8 Å². The maximum Gasteiger partial charge on any atom is 0.242 e. The predicted octanol–water partition coefficient (Wildman–Crippen LogP) is 2.86. The van der Waals surface area contributed by atoms with Gasteiger partial charge in [0.1, 0.15) is 4.90 Å². The third-order valence-electron chi connectivity index (χ3n) is 3.41. The van der Waals surface area contributed by atoms with Crippen molar-refractivity contribution in [3.8, 4) is 0 Å². The molecule has 2 unspecified atom stereocenters. The minimum atomic E-state index is -3.50. The van der Waals surface area contributed by atoms with Crippen LogP contribution in [0.4, 0.5) is 0 Å². The maximum absolute atomic E-state index is 12.3. The molecule has 0 amide bonds. The number of hydrogen-bond acceptors (Lipinski definition) is 4. The lowest BCUT2D eigenvalue weighted by atomic mass is 9.88. The number of rotatable bonds is 4. The molecule has 0 spiro atoms. The molecular formula is C12H18BrNO3S2. The first-order valence-corrected chi connectivity index (χ1v) is 9.43. The van der Waals surface area contributed by atoms with Crippen molar-refractivity contribution >= 4 is 37.3 Å². The third-order valence-corrected chi connectivity index (χ3v) is 7.17. The van der Waals surface area contributed by atoms with E-state index in [1.807, 2.05) is 0 Å². The summed E-state index contributed by atoms with van der Waals surface area (Å²) < 4.78 is 28.0. The van der Waals surface area contributed by atoms with Crippen LogP contribution in [0, 0.1) is 5.92 Å². The Hall–Kier alpha value is 0.0500. The zero-order valence-corrected chi connectivity index (χ0v) is 13.9. The fourth-order valence-electron chi connectivity index (χ4n) is 2.48. The lowest BCUT2D eigenvalue weighted by Crippen LogP contribution is -2.37. The quantitative estimate of drug-likeness (QED) is 0.859. The minimum absolute atomic E-state index is 0.0260. The van der Waals surface area contributed by atoms with E-state index in [2.05, 4.69) is 27.6 Å². The molecular weight excluding hydrogens is 350 g/mol.